The van der Waals surface area contributed by atoms with Gasteiger partial charge in [0.2, 0.25) is 0 Å². The number of benzene rings is 1. The van der Waals surface area contributed by atoms with Crippen LogP contribution in [0.15, 0.2) is 18.2 Å². The molecule has 0 aliphatic rings. The molecule has 1 aromatic rings. The van der Waals surface area contributed by atoms with Crippen molar-refractivity contribution in [1.29, 1.82) is 0 Å². The van der Waals surface area contributed by atoms with Crippen molar-refractivity contribution in [3.05, 3.63) is 35.1 Å². The Hall–Kier alpha value is -0.890. The van der Waals surface area contributed by atoms with Crippen LogP contribution in [-0.2, 0) is 6.54 Å². The van der Waals surface area contributed by atoms with Gasteiger partial charge in [0.15, 0.2) is 0 Å². The standard InChI is InChI=1S/C14H22FN/c1-11-5-6-12(9-13(11)15)10-16-8-7-14(2,3)4/h5-6,9,16H,7-8,10H2,1-4H3. The summed E-state index contributed by atoms with van der Waals surface area (Å²) >= 11 is 0. The summed E-state index contributed by atoms with van der Waals surface area (Å²) in [5, 5.41) is 3.34. The topological polar surface area (TPSA) is 12.0 Å². The number of nitrogens with one attached hydrogen (secondary N) is 1. The monoisotopic (exact) mass is 223 g/mol. The fourth-order valence-corrected chi connectivity index (χ4v) is 1.44. The molecule has 0 fully saturated rings. The Morgan fingerprint density at radius 1 is 1.25 bits per heavy atom. The van der Waals surface area contributed by atoms with Crippen molar-refractivity contribution >= 4 is 0 Å². The summed E-state index contributed by atoms with van der Waals surface area (Å²) in [4.78, 5) is 0. The maximum atomic E-state index is 13.2. The molecule has 90 valence electrons. The van der Waals surface area contributed by atoms with E-state index >= 15 is 0 Å². The number of rotatable bonds is 4. The van der Waals surface area contributed by atoms with E-state index in [2.05, 4.69) is 26.1 Å². The van der Waals surface area contributed by atoms with Crippen molar-refractivity contribution in [2.45, 2.75) is 40.7 Å². The molecule has 0 atom stereocenters. The van der Waals surface area contributed by atoms with Gasteiger partial charge in [0, 0.05) is 6.54 Å². The van der Waals surface area contributed by atoms with Crippen LogP contribution in [0.2, 0.25) is 0 Å². The normalized spacial score (nSPS) is 11.8. The predicted octanol–water partition coefficient (Wildman–Crippen LogP) is 3.66. The lowest BCUT2D eigenvalue weighted by Gasteiger charge is -2.18. The fraction of sp³-hybridized carbons (Fsp3) is 0.571. The highest BCUT2D eigenvalue weighted by Gasteiger charge is 2.08. The van der Waals surface area contributed by atoms with Crippen molar-refractivity contribution in [3.63, 3.8) is 0 Å². The van der Waals surface area contributed by atoms with Crippen molar-refractivity contribution < 1.29 is 4.39 Å². The summed E-state index contributed by atoms with van der Waals surface area (Å²) in [7, 11) is 0. The second-order valence-electron chi connectivity index (χ2n) is 5.57. The van der Waals surface area contributed by atoms with Crippen LogP contribution < -0.4 is 5.32 Å². The third-order valence-electron chi connectivity index (χ3n) is 2.62. The largest absolute Gasteiger partial charge is 0.313 e. The first kappa shape index (κ1) is 13.2. The Morgan fingerprint density at radius 2 is 1.94 bits per heavy atom. The lowest BCUT2D eigenvalue weighted by Crippen LogP contribution is -2.20. The molecule has 16 heavy (non-hydrogen) atoms. The zero-order valence-electron chi connectivity index (χ0n) is 10.7. The maximum Gasteiger partial charge on any atom is 0.126 e. The van der Waals surface area contributed by atoms with Gasteiger partial charge in [0.25, 0.3) is 0 Å². The van der Waals surface area contributed by atoms with Gasteiger partial charge < -0.3 is 5.32 Å². The van der Waals surface area contributed by atoms with Gasteiger partial charge in [-0.15, -0.1) is 0 Å². The van der Waals surface area contributed by atoms with E-state index in [1.54, 1.807) is 13.0 Å². The summed E-state index contributed by atoms with van der Waals surface area (Å²) in [6.45, 7) is 10.2. The Labute approximate surface area is 98.1 Å². The minimum atomic E-state index is -0.116. The molecular formula is C14H22FN. The molecule has 2 heteroatoms. The van der Waals surface area contributed by atoms with E-state index in [1.165, 1.54) is 0 Å². The number of hydrogen-bond acceptors (Lipinski definition) is 1. The van der Waals surface area contributed by atoms with Gasteiger partial charge in [-0.1, -0.05) is 32.9 Å². The Balaban J connectivity index is 2.35. The molecule has 1 nitrogen and oxygen atoms in total. The average Bonchev–Trinajstić information content (AvgIpc) is 2.17. The first-order valence-electron chi connectivity index (χ1n) is 5.84. The molecule has 0 aromatic heterocycles. The number of hydrogen-bond donors (Lipinski definition) is 1. The average molecular weight is 223 g/mol. The van der Waals surface area contributed by atoms with Crippen LogP contribution >= 0.6 is 0 Å². The SMILES string of the molecule is Cc1ccc(CNCCC(C)(C)C)cc1F. The fourth-order valence-electron chi connectivity index (χ4n) is 1.44. The van der Waals surface area contributed by atoms with E-state index < -0.39 is 0 Å². The van der Waals surface area contributed by atoms with Crippen LogP contribution in [0.1, 0.15) is 38.3 Å². The first-order valence-corrected chi connectivity index (χ1v) is 5.84. The lowest BCUT2D eigenvalue weighted by molar-refractivity contribution is 0.366. The van der Waals surface area contributed by atoms with Crippen LogP contribution in [0.4, 0.5) is 4.39 Å². The molecule has 0 radical (unpaired) electrons. The highest BCUT2D eigenvalue weighted by atomic mass is 19.1. The van der Waals surface area contributed by atoms with Crippen LogP contribution in [-0.4, -0.2) is 6.54 Å². The second-order valence-corrected chi connectivity index (χ2v) is 5.57. The van der Waals surface area contributed by atoms with Gasteiger partial charge in [-0.3, -0.25) is 0 Å². The van der Waals surface area contributed by atoms with E-state index in [9.17, 15) is 4.39 Å². The van der Waals surface area contributed by atoms with Gasteiger partial charge in [0.05, 0.1) is 0 Å². The third kappa shape index (κ3) is 4.75. The van der Waals surface area contributed by atoms with E-state index in [1.807, 2.05) is 12.1 Å². The first-order chi connectivity index (χ1) is 7.38. The van der Waals surface area contributed by atoms with Gasteiger partial charge in [-0.2, -0.15) is 0 Å². The van der Waals surface area contributed by atoms with Crippen molar-refractivity contribution in [3.8, 4) is 0 Å². The summed E-state index contributed by atoms with van der Waals surface area (Å²) in [5.41, 5.74) is 2.07. The van der Waals surface area contributed by atoms with Crippen LogP contribution in [0, 0.1) is 18.2 Å². The molecular weight excluding hydrogens is 201 g/mol. The van der Waals surface area contributed by atoms with E-state index in [-0.39, 0.29) is 5.82 Å². The molecule has 0 bridgehead atoms. The molecule has 1 N–H and O–H groups in total. The number of aryl methyl sites for hydroxylation is 1. The molecule has 0 spiro atoms. The minimum absolute atomic E-state index is 0.116. The van der Waals surface area contributed by atoms with Gasteiger partial charge >= 0.3 is 0 Å². The third-order valence-corrected chi connectivity index (χ3v) is 2.62. The number of halogens is 1. The molecule has 0 heterocycles. The van der Waals surface area contributed by atoms with E-state index in [0.717, 1.165) is 25.1 Å². The highest BCUT2D eigenvalue weighted by molar-refractivity contribution is 5.23. The smallest absolute Gasteiger partial charge is 0.126 e. The van der Waals surface area contributed by atoms with E-state index in [4.69, 9.17) is 0 Å². The highest BCUT2D eigenvalue weighted by Crippen LogP contribution is 2.17. The van der Waals surface area contributed by atoms with Gasteiger partial charge in [-0.25, -0.2) is 4.39 Å². The Morgan fingerprint density at radius 3 is 2.50 bits per heavy atom. The van der Waals surface area contributed by atoms with Crippen LogP contribution in [0.3, 0.4) is 0 Å². The summed E-state index contributed by atoms with van der Waals surface area (Å²) in [5.74, 6) is -0.116. The second kappa shape index (κ2) is 5.44. The molecule has 1 aromatic carbocycles. The van der Waals surface area contributed by atoms with Crippen molar-refractivity contribution in [2.75, 3.05) is 6.54 Å². The van der Waals surface area contributed by atoms with Crippen molar-refractivity contribution in [2.24, 2.45) is 5.41 Å². The molecule has 1 rings (SSSR count). The van der Waals surface area contributed by atoms with E-state index in [0.29, 0.717) is 11.0 Å². The summed E-state index contributed by atoms with van der Waals surface area (Å²) in [6, 6.07) is 5.41. The molecule has 0 aliphatic heterocycles. The minimum Gasteiger partial charge on any atom is -0.313 e. The van der Waals surface area contributed by atoms with Crippen LogP contribution in [0.5, 0.6) is 0 Å². The van der Waals surface area contributed by atoms with Crippen molar-refractivity contribution in [1.82, 2.24) is 5.32 Å². The predicted molar refractivity (Wildman–Crippen MR) is 66.9 cm³/mol. The molecule has 0 unspecified atom stereocenters. The summed E-state index contributed by atoms with van der Waals surface area (Å²) < 4.78 is 13.2. The zero-order chi connectivity index (χ0) is 12.2. The molecule has 0 aliphatic carbocycles. The quantitative estimate of drug-likeness (QED) is 0.768. The molecule has 0 saturated heterocycles. The summed E-state index contributed by atoms with van der Waals surface area (Å²) in [6.07, 6.45) is 1.13. The van der Waals surface area contributed by atoms with Crippen LogP contribution in [0.25, 0.3) is 0 Å². The zero-order valence-corrected chi connectivity index (χ0v) is 10.7. The Bertz CT molecular complexity index is 339. The van der Waals surface area contributed by atoms with Gasteiger partial charge in [0.1, 0.15) is 5.82 Å². The lowest BCUT2D eigenvalue weighted by atomic mass is 9.92. The Kier molecular flexibility index (Phi) is 4.48. The molecule has 0 amide bonds. The van der Waals surface area contributed by atoms with Gasteiger partial charge in [-0.05, 0) is 42.5 Å². The molecule has 0 saturated carbocycles. The maximum absolute atomic E-state index is 13.2.